The molecule has 2 nitrogen and oxygen atoms in total. The highest BCUT2D eigenvalue weighted by molar-refractivity contribution is 6.32. The second-order valence-corrected chi connectivity index (χ2v) is 3.95. The van der Waals surface area contributed by atoms with Crippen molar-refractivity contribution in [1.82, 2.24) is 4.98 Å². The molecule has 0 aliphatic heterocycles. The highest BCUT2D eigenvalue weighted by Gasteiger charge is 1.97. The first kappa shape index (κ1) is 10.7. The molecule has 0 saturated carbocycles. The van der Waals surface area contributed by atoms with Crippen molar-refractivity contribution in [3.05, 3.63) is 53.7 Å². The summed E-state index contributed by atoms with van der Waals surface area (Å²) < 4.78 is 5.60. The van der Waals surface area contributed by atoms with Gasteiger partial charge in [-0.25, -0.2) is 4.98 Å². The van der Waals surface area contributed by atoms with E-state index in [0.29, 0.717) is 12.5 Å². The summed E-state index contributed by atoms with van der Waals surface area (Å²) in [4.78, 5) is 4.15. The van der Waals surface area contributed by atoms with Gasteiger partial charge in [0.25, 0.3) is 0 Å². The monoisotopic (exact) mass is 211 g/mol. The Morgan fingerprint density at radius 1 is 1.19 bits per heavy atom. The van der Waals surface area contributed by atoms with Gasteiger partial charge in [-0.15, -0.1) is 0 Å². The first-order valence-corrected chi connectivity index (χ1v) is 5.35. The summed E-state index contributed by atoms with van der Waals surface area (Å²) in [7, 11) is 2.08. The number of hydrogen-bond donors (Lipinski definition) is 0. The normalized spacial score (nSPS) is 10.1. The maximum Gasteiger partial charge on any atom is 0.213 e. The molecule has 3 heteroatoms. The van der Waals surface area contributed by atoms with Crippen molar-refractivity contribution in [2.45, 2.75) is 13.5 Å². The van der Waals surface area contributed by atoms with Gasteiger partial charge < -0.3 is 4.74 Å². The van der Waals surface area contributed by atoms with Gasteiger partial charge in [0.15, 0.2) is 0 Å². The largest absolute Gasteiger partial charge is 0.473 e. The van der Waals surface area contributed by atoms with E-state index in [1.807, 2.05) is 19.1 Å². The molecule has 2 aromatic rings. The van der Waals surface area contributed by atoms with Crippen molar-refractivity contribution in [2.75, 3.05) is 0 Å². The van der Waals surface area contributed by atoms with E-state index in [2.05, 4.69) is 37.1 Å². The lowest BCUT2D eigenvalue weighted by Gasteiger charge is -2.05. The third-order valence-electron chi connectivity index (χ3n) is 2.40. The summed E-state index contributed by atoms with van der Waals surface area (Å²) in [5.41, 5.74) is 3.58. The maximum absolute atomic E-state index is 5.60. The van der Waals surface area contributed by atoms with Crippen LogP contribution in [0.4, 0.5) is 0 Å². The summed E-state index contributed by atoms with van der Waals surface area (Å²) in [5.74, 6) is 0.681. The summed E-state index contributed by atoms with van der Waals surface area (Å²) in [6.07, 6.45) is 1.76. The lowest BCUT2D eigenvalue weighted by molar-refractivity contribution is 0.293. The molecule has 1 heterocycles. The molecule has 0 spiro atoms. The van der Waals surface area contributed by atoms with Crippen LogP contribution in [0, 0.1) is 6.92 Å². The van der Waals surface area contributed by atoms with Gasteiger partial charge in [0.1, 0.15) is 14.5 Å². The summed E-state index contributed by atoms with van der Waals surface area (Å²) in [6.45, 7) is 2.59. The zero-order valence-corrected chi connectivity index (χ0v) is 9.60. The van der Waals surface area contributed by atoms with Gasteiger partial charge in [-0.1, -0.05) is 29.7 Å². The predicted molar refractivity (Wildman–Crippen MR) is 67.9 cm³/mol. The van der Waals surface area contributed by atoms with Crippen LogP contribution in [-0.4, -0.2) is 12.8 Å². The summed E-state index contributed by atoms with van der Waals surface area (Å²) in [5, 5.41) is 0. The number of aryl methyl sites for hydroxylation is 1. The van der Waals surface area contributed by atoms with Crippen molar-refractivity contribution in [2.24, 2.45) is 0 Å². The molecule has 0 atom stereocenters. The van der Waals surface area contributed by atoms with Gasteiger partial charge in [-0.05, 0) is 24.1 Å². The lowest BCUT2D eigenvalue weighted by atomic mass is 9.95. The van der Waals surface area contributed by atoms with E-state index in [1.165, 1.54) is 5.46 Å². The van der Waals surface area contributed by atoms with E-state index < -0.39 is 0 Å². The predicted octanol–water partition coefficient (Wildman–Crippen LogP) is 1.23. The molecule has 1 aromatic carbocycles. The first-order chi connectivity index (χ1) is 7.74. The van der Waals surface area contributed by atoms with Crippen molar-refractivity contribution >= 4 is 13.3 Å². The third-order valence-corrected chi connectivity index (χ3v) is 2.40. The molecule has 16 heavy (non-hydrogen) atoms. The Balaban J connectivity index is 1.99. The van der Waals surface area contributed by atoms with Gasteiger partial charge in [-0.3, -0.25) is 0 Å². The van der Waals surface area contributed by atoms with Crippen LogP contribution < -0.4 is 10.2 Å². The second-order valence-electron chi connectivity index (χ2n) is 3.95. The summed E-state index contributed by atoms with van der Waals surface area (Å²) in [6, 6.07) is 12.2. The molecule has 0 amide bonds. The van der Waals surface area contributed by atoms with Crippen LogP contribution in [0.1, 0.15) is 11.1 Å². The molecule has 1 aromatic heterocycles. The van der Waals surface area contributed by atoms with E-state index in [4.69, 9.17) is 4.74 Å². The van der Waals surface area contributed by atoms with Gasteiger partial charge >= 0.3 is 0 Å². The topological polar surface area (TPSA) is 22.1 Å². The second kappa shape index (κ2) is 4.84. The standard InChI is InChI=1S/C13H14BNO/c1-10-6-7-15-13(8-10)16-9-11-2-4-12(14)5-3-11/h2-8H,9,14H2,1H3. The summed E-state index contributed by atoms with van der Waals surface area (Å²) >= 11 is 0. The van der Waals surface area contributed by atoms with Crippen LogP contribution in [0.5, 0.6) is 5.88 Å². The molecule has 0 bridgehead atoms. The van der Waals surface area contributed by atoms with Gasteiger partial charge in [-0.2, -0.15) is 0 Å². The van der Waals surface area contributed by atoms with Crippen molar-refractivity contribution in [3.63, 3.8) is 0 Å². The molecule has 80 valence electrons. The van der Waals surface area contributed by atoms with E-state index in [-0.39, 0.29) is 0 Å². The molecule has 2 rings (SSSR count). The Morgan fingerprint density at radius 3 is 2.62 bits per heavy atom. The van der Waals surface area contributed by atoms with E-state index in [0.717, 1.165) is 11.1 Å². The van der Waals surface area contributed by atoms with E-state index in [1.54, 1.807) is 6.20 Å². The number of hydrogen-bond acceptors (Lipinski definition) is 2. The molecule has 0 aliphatic rings. The average Bonchev–Trinajstić information content (AvgIpc) is 2.28. The molecular weight excluding hydrogens is 197 g/mol. The van der Waals surface area contributed by atoms with Crippen LogP contribution in [0.2, 0.25) is 0 Å². The molecule has 0 aliphatic carbocycles. The number of pyridine rings is 1. The Morgan fingerprint density at radius 2 is 1.94 bits per heavy atom. The fraction of sp³-hybridized carbons (Fsp3) is 0.154. The fourth-order valence-electron chi connectivity index (χ4n) is 1.43. The molecule has 0 saturated heterocycles. The molecular formula is C13H14BNO. The van der Waals surface area contributed by atoms with Gasteiger partial charge in [0, 0.05) is 12.3 Å². The van der Waals surface area contributed by atoms with Gasteiger partial charge in [0.05, 0.1) is 0 Å². The number of ether oxygens (including phenoxy) is 1. The molecule has 0 fully saturated rings. The fourth-order valence-corrected chi connectivity index (χ4v) is 1.43. The minimum Gasteiger partial charge on any atom is -0.473 e. The number of nitrogens with zero attached hydrogens (tertiary/aromatic N) is 1. The third kappa shape index (κ3) is 2.86. The van der Waals surface area contributed by atoms with E-state index >= 15 is 0 Å². The van der Waals surface area contributed by atoms with Crippen LogP contribution in [-0.2, 0) is 6.61 Å². The van der Waals surface area contributed by atoms with Crippen LogP contribution in [0.3, 0.4) is 0 Å². The van der Waals surface area contributed by atoms with Crippen molar-refractivity contribution < 1.29 is 4.74 Å². The van der Waals surface area contributed by atoms with E-state index in [9.17, 15) is 0 Å². The molecule has 0 radical (unpaired) electrons. The maximum atomic E-state index is 5.60. The zero-order valence-electron chi connectivity index (χ0n) is 9.60. The number of aromatic nitrogens is 1. The smallest absolute Gasteiger partial charge is 0.213 e. The Kier molecular flexibility index (Phi) is 3.25. The highest BCUT2D eigenvalue weighted by Crippen LogP contribution is 2.10. The van der Waals surface area contributed by atoms with Gasteiger partial charge in [0.2, 0.25) is 5.88 Å². The average molecular weight is 211 g/mol. The minimum atomic E-state index is 0.566. The quantitative estimate of drug-likeness (QED) is 0.712. The zero-order chi connectivity index (χ0) is 11.4. The Labute approximate surface area is 96.7 Å². The van der Waals surface area contributed by atoms with Crippen LogP contribution in [0.25, 0.3) is 0 Å². The van der Waals surface area contributed by atoms with Crippen LogP contribution in [0.15, 0.2) is 42.6 Å². The van der Waals surface area contributed by atoms with Crippen molar-refractivity contribution in [1.29, 1.82) is 0 Å². The Hall–Kier alpha value is -1.77. The number of rotatable bonds is 3. The first-order valence-electron chi connectivity index (χ1n) is 5.35. The van der Waals surface area contributed by atoms with Crippen molar-refractivity contribution in [3.8, 4) is 5.88 Å². The van der Waals surface area contributed by atoms with Crippen LogP contribution >= 0.6 is 0 Å². The lowest BCUT2D eigenvalue weighted by Crippen LogP contribution is -2.03. The highest BCUT2D eigenvalue weighted by atomic mass is 16.5. The minimum absolute atomic E-state index is 0.566. The molecule has 0 N–H and O–H groups in total. The SMILES string of the molecule is Bc1ccc(COc2cc(C)ccn2)cc1. The Bertz CT molecular complexity index is 468. The number of benzene rings is 1. The molecule has 0 unspecified atom stereocenters.